The Labute approximate surface area is 122 Å². The van der Waals surface area contributed by atoms with Crippen LogP contribution in [-0.2, 0) is 6.42 Å². The van der Waals surface area contributed by atoms with Crippen molar-refractivity contribution >= 4 is 39.7 Å². The number of halogens is 1. The third-order valence-corrected chi connectivity index (χ3v) is 3.69. The summed E-state index contributed by atoms with van der Waals surface area (Å²) < 4.78 is 1.15. The molecule has 0 aliphatic heterocycles. The predicted molar refractivity (Wildman–Crippen MR) is 87.4 cm³/mol. The first-order valence-corrected chi connectivity index (χ1v) is 7.09. The molecule has 3 heteroatoms. The van der Waals surface area contributed by atoms with E-state index in [9.17, 15) is 0 Å². The third-order valence-electron chi connectivity index (χ3n) is 3.02. The fourth-order valence-corrected chi connectivity index (χ4v) is 2.49. The van der Waals surface area contributed by atoms with E-state index in [1.54, 1.807) is 0 Å². The topological polar surface area (TPSA) is 38.0 Å². The Morgan fingerprint density at radius 2 is 1.94 bits per heavy atom. The molecule has 2 aromatic rings. The Morgan fingerprint density at radius 3 is 2.56 bits per heavy atom. The van der Waals surface area contributed by atoms with Crippen LogP contribution in [0.3, 0.4) is 0 Å². The number of aryl methyl sites for hydroxylation is 2. The number of rotatable bonds is 3. The molecule has 0 atom stereocenters. The summed E-state index contributed by atoms with van der Waals surface area (Å²) in [5.41, 5.74) is 11.5. The minimum absolute atomic E-state index is 0.777. The normalized spacial score (nSPS) is 10.4. The molecular formula is C15H17IN2. The molecule has 2 rings (SSSR count). The molecule has 3 N–H and O–H groups in total. The molecule has 0 radical (unpaired) electrons. The molecule has 0 saturated carbocycles. The molecule has 18 heavy (non-hydrogen) atoms. The second-order valence-corrected chi connectivity index (χ2v) is 5.60. The first-order chi connectivity index (χ1) is 8.60. The van der Waals surface area contributed by atoms with Crippen molar-refractivity contribution in [2.24, 2.45) is 0 Å². The number of nitrogens with one attached hydrogen (secondary N) is 1. The number of nitrogens with two attached hydrogens (primary N) is 1. The smallest absolute Gasteiger partial charge is 0.0618 e. The van der Waals surface area contributed by atoms with Crippen LogP contribution in [0.25, 0.3) is 0 Å². The molecular weight excluding hydrogens is 335 g/mol. The van der Waals surface area contributed by atoms with Crippen LogP contribution in [0.15, 0.2) is 36.4 Å². The van der Waals surface area contributed by atoms with Gasteiger partial charge in [0.2, 0.25) is 0 Å². The van der Waals surface area contributed by atoms with Crippen LogP contribution in [0.1, 0.15) is 18.1 Å². The summed E-state index contributed by atoms with van der Waals surface area (Å²) in [7, 11) is 0. The molecule has 0 saturated heterocycles. The van der Waals surface area contributed by atoms with Crippen LogP contribution in [-0.4, -0.2) is 0 Å². The van der Waals surface area contributed by atoms with Gasteiger partial charge in [-0.25, -0.2) is 0 Å². The first kappa shape index (κ1) is 13.2. The fourth-order valence-electron chi connectivity index (χ4n) is 1.97. The van der Waals surface area contributed by atoms with Crippen molar-refractivity contribution in [3.05, 3.63) is 51.1 Å². The lowest BCUT2D eigenvalue weighted by Crippen LogP contribution is -1.97. The maximum absolute atomic E-state index is 6.00. The van der Waals surface area contributed by atoms with E-state index in [4.69, 9.17) is 5.73 Å². The van der Waals surface area contributed by atoms with Gasteiger partial charge >= 0.3 is 0 Å². The van der Waals surface area contributed by atoms with Crippen LogP contribution in [0.2, 0.25) is 0 Å². The molecule has 0 fully saturated rings. The van der Waals surface area contributed by atoms with Gasteiger partial charge in [-0.3, -0.25) is 0 Å². The second-order valence-electron chi connectivity index (χ2n) is 4.35. The number of anilines is 3. The minimum Gasteiger partial charge on any atom is -0.397 e. The molecule has 0 amide bonds. The van der Waals surface area contributed by atoms with E-state index in [1.165, 1.54) is 11.1 Å². The first-order valence-electron chi connectivity index (χ1n) is 6.01. The van der Waals surface area contributed by atoms with Crippen molar-refractivity contribution in [3.8, 4) is 0 Å². The summed E-state index contributed by atoms with van der Waals surface area (Å²) in [6, 6.07) is 12.5. The van der Waals surface area contributed by atoms with Gasteiger partial charge in [0.05, 0.1) is 11.4 Å². The van der Waals surface area contributed by atoms with E-state index in [-0.39, 0.29) is 0 Å². The van der Waals surface area contributed by atoms with Crippen LogP contribution in [0.5, 0.6) is 0 Å². The quantitative estimate of drug-likeness (QED) is 0.631. The lowest BCUT2D eigenvalue weighted by molar-refractivity contribution is 1.11. The summed E-state index contributed by atoms with van der Waals surface area (Å²) >= 11 is 2.26. The zero-order chi connectivity index (χ0) is 13.1. The van der Waals surface area contributed by atoms with Gasteiger partial charge in [0.25, 0.3) is 0 Å². The highest BCUT2D eigenvalue weighted by Crippen LogP contribution is 2.26. The van der Waals surface area contributed by atoms with Gasteiger partial charge in [0, 0.05) is 9.26 Å². The lowest BCUT2D eigenvalue weighted by atomic mass is 10.1. The van der Waals surface area contributed by atoms with Gasteiger partial charge in [0.15, 0.2) is 0 Å². The van der Waals surface area contributed by atoms with E-state index in [2.05, 4.69) is 60.0 Å². The Morgan fingerprint density at radius 1 is 1.17 bits per heavy atom. The van der Waals surface area contributed by atoms with Gasteiger partial charge in [-0.05, 0) is 77.4 Å². The van der Waals surface area contributed by atoms with Gasteiger partial charge < -0.3 is 11.1 Å². The Bertz CT molecular complexity index is 564. The number of nitrogen functional groups attached to an aromatic ring is 1. The summed E-state index contributed by atoms with van der Waals surface area (Å²) in [6.07, 6.45) is 1.07. The van der Waals surface area contributed by atoms with Crippen molar-refractivity contribution in [2.45, 2.75) is 20.3 Å². The highest BCUT2D eigenvalue weighted by Gasteiger charge is 2.02. The van der Waals surface area contributed by atoms with Gasteiger partial charge in [-0.15, -0.1) is 0 Å². The van der Waals surface area contributed by atoms with Crippen molar-refractivity contribution in [2.75, 3.05) is 11.1 Å². The molecule has 94 valence electrons. The number of hydrogen-bond acceptors (Lipinski definition) is 2. The van der Waals surface area contributed by atoms with Crippen molar-refractivity contribution in [1.29, 1.82) is 0 Å². The highest BCUT2D eigenvalue weighted by molar-refractivity contribution is 14.1. The largest absolute Gasteiger partial charge is 0.397 e. The Kier molecular flexibility index (Phi) is 4.11. The third kappa shape index (κ3) is 2.96. The molecule has 0 aromatic heterocycles. The number of hydrogen-bond donors (Lipinski definition) is 2. The SMILES string of the molecule is CCc1ccc(Nc2ccc(I)cc2N)cc1C. The van der Waals surface area contributed by atoms with Gasteiger partial charge in [0.1, 0.15) is 0 Å². The van der Waals surface area contributed by atoms with Crippen LogP contribution < -0.4 is 11.1 Å². The lowest BCUT2D eigenvalue weighted by Gasteiger charge is -2.12. The fraction of sp³-hybridized carbons (Fsp3) is 0.200. The highest BCUT2D eigenvalue weighted by atomic mass is 127. The standard InChI is InChI=1S/C15H17IN2/c1-3-11-4-6-13(8-10(11)2)18-15-7-5-12(16)9-14(15)17/h4-9,18H,3,17H2,1-2H3. The van der Waals surface area contributed by atoms with E-state index < -0.39 is 0 Å². The average Bonchev–Trinajstić information content (AvgIpc) is 2.33. The molecule has 2 aromatic carbocycles. The zero-order valence-electron chi connectivity index (χ0n) is 10.6. The monoisotopic (exact) mass is 352 g/mol. The Balaban J connectivity index is 2.26. The van der Waals surface area contributed by atoms with E-state index in [0.717, 1.165) is 27.1 Å². The average molecular weight is 352 g/mol. The van der Waals surface area contributed by atoms with Crippen LogP contribution in [0.4, 0.5) is 17.1 Å². The molecule has 0 spiro atoms. The van der Waals surface area contributed by atoms with Gasteiger partial charge in [-0.2, -0.15) is 0 Å². The molecule has 0 heterocycles. The molecule has 0 aliphatic carbocycles. The Hall–Kier alpha value is -1.23. The zero-order valence-corrected chi connectivity index (χ0v) is 12.8. The van der Waals surface area contributed by atoms with Crippen molar-refractivity contribution in [3.63, 3.8) is 0 Å². The number of benzene rings is 2. The minimum atomic E-state index is 0.777. The van der Waals surface area contributed by atoms with Crippen LogP contribution in [0, 0.1) is 10.5 Å². The predicted octanol–water partition coefficient (Wildman–Crippen LogP) is 4.49. The summed E-state index contributed by atoms with van der Waals surface area (Å²) in [5.74, 6) is 0. The second kappa shape index (κ2) is 5.61. The molecule has 0 bridgehead atoms. The maximum atomic E-state index is 6.00. The molecule has 0 unspecified atom stereocenters. The summed E-state index contributed by atoms with van der Waals surface area (Å²) in [4.78, 5) is 0. The summed E-state index contributed by atoms with van der Waals surface area (Å²) in [5, 5.41) is 3.36. The summed E-state index contributed by atoms with van der Waals surface area (Å²) in [6.45, 7) is 4.31. The van der Waals surface area contributed by atoms with E-state index >= 15 is 0 Å². The van der Waals surface area contributed by atoms with Crippen molar-refractivity contribution in [1.82, 2.24) is 0 Å². The molecule has 0 aliphatic rings. The van der Waals surface area contributed by atoms with E-state index in [0.29, 0.717) is 0 Å². The maximum Gasteiger partial charge on any atom is 0.0618 e. The van der Waals surface area contributed by atoms with Crippen LogP contribution >= 0.6 is 22.6 Å². The molecule has 2 nitrogen and oxygen atoms in total. The van der Waals surface area contributed by atoms with Crippen molar-refractivity contribution < 1.29 is 0 Å². The van der Waals surface area contributed by atoms with Gasteiger partial charge in [-0.1, -0.05) is 13.0 Å². The van der Waals surface area contributed by atoms with E-state index in [1.807, 2.05) is 18.2 Å².